The average molecular weight is 377 g/mol. The zero-order valence-corrected chi connectivity index (χ0v) is 15.7. The molecule has 0 bridgehead atoms. The maximum atomic E-state index is 12.3. The van der Waals surface area contributed by atoms with Crippen LogP contribution in [0.5, 0.6) is 0 Å². The molecule has 4 rings (SSSR count). The van der Waals surface area contributed by atoms with Crippen molar-refractivity contribution in [3.63, 3.8) is 0 Å². The summed E-state index contributed by atoms with van der Waals surface area (Å²) in [6.07, 6.45) is 1.69. The lowest BCUT2D eigenvalue weighted by Crippen LogP contribution is -2.18. The summed E-state index contributed by atoms with van der Waals surface area (Å²) in [6, 6.07) is 17.9. The Labute approximate surface area is 161 Å². The van der Waals surface area contributed by atoms with Crippen molar-refractivity contribution in [2.24, 2.45) is 0 Å². The normalized spacial score (nSPS) is 11.0. The van der Waals surface area contributed by atoms with Crippen LogP contribution in [0.3, 0.4) is 0 Å². The molecule has 0 saturated heterocycles. The minimum absolute atomic E-state index is 0.0913. The summed E-state index contributed by atoms with van der Waals surface area (Å²) in [5.74, 6) is 0.869. The van der Waals surface area contributed by atoms with Gasteiger partial charge >= 0.3 is 0 Å². The number of carbonyl (C=O) groups is 1. The molecule has 0 aliphatic rings. The van der Waals surface area contributed by atoms with Gasteiger partial charge in [0.05, 0.1) is 29.5 Å². The van der Waals surface area contributed by atoms with E-state index >= 15 is 0 Å². The Hall–Kier alpha value is -3.06. The number of aromatic amines is 1. The molecule has 0 unspecified atom stereocenters. The number of thioether (sulfide) groups is 1. The standard InChI is InChI=1S/C20H19N5OS/c1-14-5-4-6-15(11-14)12-25-18(9-10-21-25)24-19(26)13-27-20-22-16-7-2-3-8-17(16)23-20/h2-11H,12-13H2,1H3,(H,22,23)(H,24,26). The van der Waals surface area contributed by atoms with Crippen molar-refractivity contribution < 1.29 is 4.79 Å². The van der Waals surface area contributed by atoms with E-state index in [1.165, 1.54) is 17.3 Å². The van der Waals surface area contributed by atoms with Crippen molar-refractivity contribution >= 4 is 34.5 Å². The topological polar surface area (TPSA) is 75.6 Å². The second-order valence-corrected chi connectivity index (χ2v) is 7.22. The third-order valence-electron chi connectivity index (χ3n) is 4.11. The molecule has 4 aromatic rings. The van der Waals surface area contributed by atoms with Crippen LogP contribution < -0.4 is 5.32 Å². The van der Waals surface area contributed by atoms with Crippen molar-refractivity contribution in [1.29, 1.82) is 0 Å². The van der Waals surface area contributed by atoms with E-state index in [4.69, 9.17) is 0 Å². The number of anilines is 1. The van der Waals surface area contributed by atoms with Crippen LogP contribution in [0.2, 0.25) is 0 Å². The molecule has 7 heteroatoms. The zero-order chi connectivity index (χ0) is 18.6. The number of amides is 1. The Bertz CT molecular complexity index is 1050. The Morgan fingerprint density at radius 3 is 2.93 bits per heavy atom. The van der Waals surface area contributed by atoms with Gasteiger partial charge in [0, 0.05) is 6.07 Å². The number of imidazole rings is 1. The largest absolute Gasteiger partial charge is 0.333 e. The third-order valence-corrected chi connectivity index (χ3v) is 4.98. The van der Waals surface area contributed by atoms with Crippen molar-refractivity contribution in [1.82, 2.24) is 19.7 Å². The fourth-order valence-corrected chi connectivity index (χ4v) is 3.54. The van der Waals surface area contributed by atoms with Gasteiger partial charge < -0.3 is 10.3 Å². The van der Waals surface area contributed by atoms with Gasteiger partial charge in [0.25, 0.3) is 0 Å². The number of aromatic nitrogens is 4. The Morgan fingerprint density at radius 2 is 2.07 bits per heavy atom. The molecule has 136 valence electrons. The lowest BCUT2D eigenvalue weighted by atomic mass is 10.1. The lowest BCUT2D eigenvalue weighted by molar-refractivity contribution is -0.113. The van der Waals surface area contributed by atoms with E-state index in [0.29, 0.717) is 12.4 Å². The van der Waals surface area contributed by atoms with E-state index < -0.39 is 0 Å². The van der Waals surface area contributed by atoms with Crippen LogP contribution in [0, 0.1) is 6.92 Å². The summed E-state index contributed by atoms with van der Waals surface area (Å²) >= 11 is 1.38. The fraction of sp³-hybridized carbons (Fsp3) is 0.150. The van der Waals surface area contributed by atoms with Crippen molar-refractivity contribution in [2.75, 3.05) is 11.1 Å². The molecule has 1 amide bonds. The number of benzene rings is 2. The summed E-state index contributed by atoms with van der Waals surface area (Å²) in [7, 11) is 0. The predicted octanol–water partition coefficient (Wildman–Crippen LogP) is 3.85. The van der Waals surface area contributed by atoms with Gasteiger partial charge in [0.2, 0.25) is 5.91 Å². The zero-order valence-electron chi connectivity index (χ0n) is 14.8. The molecule has 0 radical (unpaired) electrons. The van der Waals surface area contributed by atoms with E-state index in [0.717, 1.165) is 21.8 Å². The van der Waals surface area contributed by atoms with Gasteiger partial charge in [-0.15, -0.1) is 0 Å². The van der Waals surface area contributed by atoms with Crippen molar-refractivity contribution in [3.8, 4) is 0 Å². The second-order valence-electron chi connectivity index (χ2n) is 6.26. The molecule has 0 saturated carbocycles. The van der Waals surface area contributed by atoms with Gasteiger partial charge in [-0.2, -0.15) is 5.10 Å². The van der Waals surface area contributed by atoms with Crippen molar-refractivity contribution in [2.45, 2.75) is 18.6 Å². The number of para-hydroxylation sites is 2. The van der Waals surface area contributed by atoms with Gasteiger partial charge in [-0.3, -0.25) is 4.79 Å². The first kappa shape index (κ1) is 17.4. The molecule has 0 aliphatic carbocycles. The molecule has 27 heavy (non-hydrogen) atoms. The Morgan fingerprint density at radius 1 is 1.19 bits per heavy atom. The molecule has 2 heterocycles. The van der Waals surface area contributed by atoms with Gasteiger partial charge in [-0.05, 0) is 24.6 Å². The SMILES string of the molecule is Cc1cccc(Cn2nccc2NC(=O)CSc2nc3ccccc3[nH]2)c1. The average Bonchev–Trinajstić information content (AvgIpc) is 3.26. The minimum Gasteiger partial charge on any atom is -0.333 e. The van der Waals surface area contributed by atoms with Crippen LogP contribution in [-0.4, -0.2) is 31.4 Å². The first-order valence-electron chi connectivity index (χ1n) is 8.62. The first-order chi connectivity index (χ1) is 13.2. The smallest absolute Gasteiger partial charge is 0.235 e. The van der Waals surface area contributed by atoms with E-state index in [-0.39, 0.29) is 11.7 Å². The molecular weight excluding hydrogens is 358 g/mol. The monoisotopic (exact) mass is 377 g/mol. The van der Waals surface area contributed by atoms with Gasteiger partial charge in [-0.1, -0.05) is 53.7 Å². The Balaban J connectivity index is 1.37. The number of hydrogen-bond acceptors (Lipinski definition) is 4. The molecule has 2 aromatic heterocycles. The number of hydrogen-bond donors (Lipinski definition) is 2. The highest BCUT2D eigenvalue weighted by atomic mass is 32.2. The van der Waals surface area contributed by atoms with Crippen LogP contribution in [0.15, 0.2) is 66.0 Å². The summed E-state index contributed by atoms with van der Waals surface area (Å²) in [5, 5.41) is 7.98. The lowest BCUT2D eigenvalue weighted by Gasteiger charge is -2.09. The van der Waals surface area contributed by atoms with Crippen LogP contribution in [0.4, 0.5) is 5.82 Å². The van der Waals surface area contributed by atoms with E-state index in [1.54, 1.807) is 16.9 Å². The molecule has 0 aliphatic heterocycles. The number of H-pyrrole nitrogens is 1. The second kappa shape index (κ2) is 7.67. The summed E-state index contributed by atoms with van der Waals surface area (Å²) < 4.78 is 1.79. The van der Waals surface area contributed by atoms with E-state index in [2.05, 4.69) is 45.5 Å². The maximum Gasteiger partial charge on any atom is 0.235 e. The quantitative estimate of drug-likeness (QED) is 0.501. The summed E-state index contributed by atoms with van der Waals surface area (Å²) in [4.78, 5) is 20.0. The van der Waals surface area contributed by atoms with Gasteiger partial charge in [0.15, 0.2) is 5.16 Å². The maximum absolute atomic E-state index is 12.3. The van der Waals surface area contributed by atoms with Crippen LogP contribution >= 0.6 is 11.8 Å². The number of nitrogens with zero attached hydrogens (tertiary/aromatic N) is 3. The third kappa shape index (κ3) is 4.20. The first-order valence-corrected chi connectivity index (χ1v) is 9.61. The number of rotatable bonds is 6. The van der Waals surface area contributed by atoms with Crippen LogP contribution in [-0.2, 0) is 11.3 Å². The molecular formula is C20H19N5OS. The fourth-order valence-electron chi connectivity index (χ4n) is 2.86. The molecule has 6 nitrogen and oxygen atoms in total. The number of carbonyl (C=O) groups excluding carboxylic acids is 1. The summed E-state index contributed by atoms with van der Waals surface area (Å²) in [5.41, 5.74) is 4.21. The highest BCUT2D eigenvalue weighted by molar-refractivity contribution is 7.99. The van der Waals surface area contributed by atoms with Gasteiger partial charge in [-0.25, -0.2) is 9.67 Å². The highest BCUT2D eigenvalue weighted by Crippen LogP contribution is 2.19. The molecule has 0 spiro atoms. The molecule has 2 aromatic carbocycles. The van der Waals surface area contributed by atoms with Crippen LogP contribution in [0.25, 0.3) is 11.0 Å². The number of fused-ring (bicyclic) bond motifs is 1. The predicted molar refractivity (Wildman–Crippen MR) is 108 cm³/mol. The molecule has 2 N–H and O–H groups in total. The summed E-state index contributed by atoms with van der Waals surface area (Å²) in [6.45, 7) is 2.67. The van der Waals surface area contributed by atoms with E-state index in [9.17, 15) is 4.79 Å². The Kier molecular flexibility index (Phi) is 4.93. The number of nitrogens with one attached hydrogen (secondary N) is 2. The highest BCUT2D eigenvalue weighted by Gasteiger charge is 2.10. The van der Waals surface area contributed by atoms with Gasteiger partial charge in [0.1, 0.15) is 5.82 Å². The minimum atomic E-state index is -0.0913. The van der Waals surface area contributed by atoms with Crippen molar-refractivity contribution in [3.05, 3.63) is 71.9 Å². The van der Waals surface area contributed by atoms with Crippen LogP contribution in [0.1, 0.15) is 11.1 Å². The molecule has 0 fully saturated rings. The number of aryl methyl sites for hydroxylation is 1. The van der Waals surface area contributed by atoms with E-state index in [1.807, 2.05) is 30.3 Å². The molecule has 0 atom stereocenters.